The van der Waals surface area contributed by atoms with Crippen LogP contribution in [0.4, 0.5) is 0 Å². The molecule has 2 rings (SSSR count). The molecule has 2 heterocycles. The summed E-state index contributed by atoms with van der Waals surface area (Å²) in [6.07, 6.45) is 2.59. The number of nitrogens with one attached hydrogen (secondary N) is 1. The zero-order chi connectivity index (χ0) is 12.8. The molecule has 0 aromatic rings. The Hall–Kier alpha value is 0.649. The molecule has 1 radical (unpaired) electrons. The molecule has 0 aromatic carbocycles. The van der Waals surface area contributed by atoms with Crippen LogP contribution < -0.4 is 17.7 Å². The Morgan fingerprint density at radius 3 is 2.50 bits per heavy atom. The second kappa shape index (κ2) is 11.2. The van der Waals surface area contributed by atoms with Crippen molar-refractivity contribution < 1.29 is 29.5 Å². The van der Waals surface area contributed by atoms with Crippen molar-refractivity contribution in [1.82, 2.24) is 20.0 Å². The Labute approximate surface area is 141 Å². The van der Waals surface area contributed by atoms with Crippen LogP contribution in [-0.2, 0) is 17.1 Å². The molecule has 4 nitrogen and oxygen atoms in total. The van der Waals surface area contributed by atoms with Gasteiger partial charge in [-0.15, -0.1) is 0 Å². The van der Waals surface area contributed by atoms with Gasteiger partial charge in [0.2, 0.25) is 0 Å². The van der Waals surface area contributed by atoms with Crippen molar-refractivity contribution in [2.45, 2.75) is 25.8 Å². The molecule has 0 amide bonds. The van der Waals surface area contributed by atoms with Gasteiger partial charge in [-0.05, 0) is 53.0 Å². The SMILES string of the molecule is CC1CN2CCCN(C)CCN1CCCNCC2.[Cl-].[Mn+2]. The summed E-state index contributed by atoms with van der Waals surface area (Å²) in [5.74, 6) is 0. The van der Waals surface area contributed by atoms with E-state index in [0.29, 0.717) is 6.04 Å². The quantitative estimate of drug-likeness (QED) is 0.483. The molecule has 2 bridgehead atoms. The first-order valence-corrected chi connectivity index (χ1v) is 7.61. The minimum Gasteiger partial charge on any atom is -1.00 e. The summed E-state index contributed by atoms with van der Waals surface area (Å²) in [6.45, 7) is 13.4. The van der Waals surface area contributed by atoms with Gasteiger partial charge in [0.05, 0.1) is 0 Å². The summed E-state index contributed by atoms with van der Waals surface area (Å²) in [6, 6.07) is 0.703. The third-order valence-electron chi connectivity index (χ3n) is 4.33. The van der Waals surface area contributed by atoms with Gasteiger partial charge in [0.15, 0.2) is 0 Å². The van der Waals surface area contributed by atoms with Gasteiger partial charge in [-0.1, -0.05) is 0 Å². The minimum atomic E-state index is 0. The third-order valence-corrected chi connectivity index (χ3v) is 4.33. The van der Waals surface area contributed by atoms with E-state index in [4.69, 9.17) is 0 Å². The topological polar surface area (TPSA) is 21.8 Å². The fraction of sp³-hybridized carbons (Fsp3) is 1.00. The van der Waals surface area contributed by atoms with Crippen LogP contribution in [0.1, 0.15) is 19.8 Å². The van der Waals surface area contributed by atoms with Crippen LogP contribution in [0.15, 0.2) is 0 Å². The van der Waals surface area contributed by atoms with E-state index in [2.05, 4.69) is 34.0 Å². The molecule has 119 valence electrons. The van der Waals surface area contributed by atoms with Gasteiger partial charge in [0.25, 0.3) is 0 Å². The largest absolute Gasteiger partial charge is 2.00 e. The smallest absolute Gasteiger partial charge is 1.00 e. The Bertz CT molecular complexity index is 245. The first kappa shape index (κ1) is 20.6. The number of hydrogen-bond acceptors (Lipinski definition) is 4. The van der Waals surface area contributed by atoms with Crippen molar-refractivity contribution >= 4 is 0 Å². The van der Waals surface area contributed by atoms with Gasteiger partial charge in [0, 0.05) is 38.8 Å². The summed E-state index contributed by atoms with van der Waals surface area (Å²) in [4.78, 5) is 7.82. The fourth-order valence-electron chi connectivity index (χ4n) is 3.08. The van der Waals surface area contributed by atoms with Crippen LogP contribution in [0.5, 0.6) is 0 Å². The van der Waals surface area contributed by atoms with Gasteiger partial charge in [0.1, 0.15) is 0 Å². The van der Waals surface area contributed by atoms with Gasteiger partial charge in [-0.2, -0.15) is 0 Å². The minimum absolute atomic E-state index is 0. The molecule has 2 fully saturated rings. The average molecular weight is 345 g/mol. The van der Waals surface area contributed by atoms with Gasteiger partial charge in [-0.3, -0.25) is 4.90 Å². The maximum Gasteiger partial charge on any atom is 2.00 e. The molecule has 3 atom stereocenters. The number of fused-ring (bicyclic) bond motifs is 3. The normalized spacial score (nSPS) is 33.6. The molecule has 0 aliphatic carbocycles. The van der Waals surface area contributed by atoms with Gasteiger partial charge < -0.3 is 27.5 Å². The molecular formula is C14H30ClMnN4+. The Morgan fingerprint density at radius 2 is 1.70 bits per heavy atom. The standard InChI is InChI=1S/C14H30N4.ClH.Mn/c1-14-13-17-8-4-7-16(2)11-12-18(14)9-3-5-15-6-10-17;;/h14-15H,3-13H2,1-2H3;1H;/q;;+2/p-1. The maximum absolute atomic E-state index is 3.57. The Balaban J connectivity index is 0.00000180. The number of halogens is 1. The molecule has 3 unspecified atom stereocenters. The van der Waals surface area contributed by atoms with Crippen molar-refractivity contribution in [1.29, 1.82) is 0 Å². The second-order valence-electron chi connectivity index (χ2n) is 5.95. The zero-order valence-corrected chi connectivity index (χ0v) is 14.9. The molecule has 2 saturated heterocycles. The maximum atomic E-state index is 3.57. The van der Waals surface area contributed by atoms with Crippen LogP contribution in [0.2, 0.25) is 0 Å². The van der Waals surface area contributed by atoms with Crippen molar-refractivity contribution in [2.75, 3.05) is 66.0 Å². The molecule has 20 heavy (non-hydrogen) atoms. The second-order valence-corrected chi connectivity index (χ2v) is 5.95. The summed E-state index contributed by atoms with van der Waals surface area (Å²) >= 11 is 0. The van der Waals surface area contributed by atoms with Crippen molar-refractivity contribution in [3.05, 3.63) is 0 Å². The number of rotatable bonds is 0. The third kappa shape index (κ3) is 7.08. The van der Waals surface area contributed by atoms with Crippen LogP contribution in [0.3, 0.4) is 0 Å². The Kier molecular flexibility index (Phi) is 11.6. The van der Waals surface area contributed by atoms with Crippen LogP contribution in [0.25, 0.3) is 0 Å². The predicted molar refractivity (Wildman–Crippen MR) is 77.1 cm³/mol. The summed E-state index contributed by atoms with van der Waals surface area (Å²) in [5, 5.41) is 3.57. The van der Waals surface area contributed by atoms with Crippen LogP contribution >= 0.6 is 0 Å². The average Bonchev–Trinajstić information content (AvgIpc) is 2.36. The monoisotopic (exact) mass is 344 g/mol. The van der Waals surface area contributed by atoms with E-state index in [1.807, 2.05) is 0 Å². The van der Waals surface area contributed by atoms with E-state index in [1.54, 1.807) is 0 Å². The zero-order valence-electron chi connectivity index (χ0n) is 13.0. The van der Waals surface area contributed by atoms with E-state index < -0.39 is 0 Å². The molecule has 2 aliphatic rings. The summed E-state index contributed by atoms with van der Waals surface area (Å²) < 4.78 is 0. The van der Waals surface area contributed by atoms with Crippen molar-refractivity contribution in [2.24, 2.45) is 0 Å². The predicted octanol–water partition coefficient (Wildman–Crippen LogP) is -2.69. The first-order valence-electron chi connectivity index (χ1n) is 7.61. The van der Waals surface area contributed by atoms with Crippen molar-refractivity contribution in [3.8, 4) is 0 Å². The molecule has 1 N–H and O–H groups in total. The number of likely N-dealkylation sites (N-methyl/N-ethyl adjacent to an activating group) is 1. The first-order chi connectivity index (χ1) is 8.75. The summed E-state index contributed by atoms with van der Waals surface area (Å²) in [7, 11) is 2.27. The van der Waals surface area contributed by atoms with E-state index in [1.165, 1.54) is 65.2 Å². The van der Waals surface area contributed by atoms with Crippen LogP contribution in [0, 0.1) is 0 Å². The molecule has 2 aliphatic heterocycles. The molecule has 6 heteroatoms. The molecule has 0 aromatic heterocycles. The van der Waals surface area contributed by atoms with E-state index in [0.717, 1.165) is 6.54 Å². The van der Waals surface area contributed by atoms with Crippen LogP contribution in [-0.4, -0.2) is 86.7 Å². The van der Waals surface area contributed by atoms with E-state index in [9.17, 15) is 0 Å². The Morgan fingerprint density at radius 1 is 0.900 bits per heavy atom. The fourth-order valence-corrected chi connectivity index (χ4v) is 3.08. The van der Waals surface area contributed by atoms with E-state index >= 15 is 0 Å². The molecule has 0 spiro atoms. The van der Waals surface area contributed by atoms with Gasteiger partial charge >= 0.3 is 17.1 Å². The van der Waals surface area contributed by atoms with Crippen molar-refractivity contribution in [3.63, 3.8) is 0 Å². The molecular weight excluding hydrogens is 315 g/mol. The summed E-state index contributed by atoms with van der Waals surface area (Å²) in [5.41, 5.74) is 0. The number of hydrogen-bond donors (Lipinski definition) is 1. The number of nitrogens with zero attached hydrogens (tertiary/aromatic N) is 3. The molecule has 0 saturated carbocycles. The van der Waals surface area contributed by atoms with E-state index in [-0.39, 0.29) is 29.5 Å². The van der Waals surface area contributed by atoms with Gasteiger partial charge in [-0.25, -0.2) is 0 Å².